The van der Waals surface area contributed by atoms with Gasteiger partial charge in [-0.05, 0) is 43.3 Å². The highest BCUT2D eigenvalue weighted by molar-refractivity contribution is 9.10. The molecule has 3 nitrogen and oxygen atoms in total. The Morgan fingerprint density at radius 3 is 2.05 bits per heavy atom. The Morgan fingerprint density at radius 2 is 1.52 bits per heavy atom. The summed E-state index contributed by atoms with van der Waals surface area (Å²) in [5.41, 5.74) is 2.45. The standard InChI is InChI=1S/C10H12BrNO.C7H8O/c11-9-1-3-10(4-2-9)12-5-7-13-8-6-12;1-6-2-4-7(8)5-3-6/h1-4H,5-8H2;2-5,8H,1H3. The molecule has 1 N–H and O–H groups in total. The summed E-state index contributed by atoms with van der Waals surface area (Å²) in [6.07, 6.45) is 0. The van der Waals surface area contributed by atoms with E-state index < -0.39 is 0 Å². The molecule has 1 heterocycles. The summed E-state index contributed by atoms with van der Waals surface area (Å²) in [5.74, 6) is 0.329. The molecule has 0 atom stereocenters. The zero-order valence-electron chi connectivity index (χ0n) is 12.1. The highest BCUT2D eigenvalue weighted by atomic mass is 79.9. The molecule has 0 bridgehead atoms. The van der Waals surface area contributed by atoms with Gasteiger partial charge < -0.3 is 14.7 Å². The zero-order chi connectivity index (χ0) is 15.1. The second-order valence-corrected chi connectivity index (χ2v) is 5.83. The Hall–Kier alpha value is -1.52. The van der Waals surface area contributed by atoms with Crippen LogP contribution in [0.4, 0.5) is 5.69 Å². The van der Waals surface area contributed by atoms with Gasteiger partial charge in [0.25, 0.3) is 0 Å². The first-order valence-corrected chi connectivity index (χ1v) is 7.78. The van der Waals surface area contributed by atoms with Crippen molar-refractivity contribution in [1.82, 2.24) is 0 Å². The number of phenols is 1. The number of ether oxygens (including phenoxy) is 1. The highest BCUT2D eigenvalue weighted by Crippen LogP contribution is 2.18. The van der Waals surface area contributed by atoms with E-state index in [4.69, 9.17) is 9.84 Å². The summed E-state index contributed by atoms with van der Waals surface area (Å²) < 4.78 is 6.42. The molecular formula is C17H20BrNO2. The maximum absolute atomic E-state index is 8.76. The first kappa shape index (κ1) is 15.9. The summed E-state index contributed by atoms with van der Waals surface area (Å²) in [6.45, 7) is 5.68. The normalized spacial score (nSPS) is 14.3. The molecular weight excluding hydrogens is 330 g/mol. The maximum Gasteiger partial charge on any atom is 0.115 e. The molecule has 0 spiro atoms. The molecule has 0 unspecified atom stereocenters. The van der Waals surface area contributed by atoms with Gasteiger partial charge in [-0.2, -0.15) is 0 Å². The Labute approximate surface area is 134 Å². The Bertz CT molecular complexity index is 513. The van der Waals surface area contributed by atoms with Crippen molar-refractivity contribution in [2.45, 2.75) is 6.92 Å². The van der Waals surface area contributed by atoms with E-state index in [-0.39, 0.29) is 0 Å². The van der Waals surface area contributed by atoms with Crippen LogP contribution in [0, 0.1) is 6.92 Å². The number of anilines is 1. The van der Waals surface area contributed by atoms with Crippen molar-refractivity contribution in [1.29, 1.82) is 0 Å². The van der Waals surface area contributed by atoms with Gasteiger partial charge in [-0.25, -0.2) is 0 Å². The summed E-state index contributed by atoms with van der Waals surface area (Å²) in [5, 5.41) is 8.76. The SMILES string of the molecule is Brc1ccc(N2CCOCC2)cc1.Cc1ccc(O)cc1. The third kappa shape index (κ3) is 5.40. The van der Waals surface area contributed by atoms with Crippen molar-refractivity contribution in [2.24, 2.45) is 0 Å². The lowest BCUT2D eigenvalue weighted by Crippen LogP contribution is -2.36. The number of hydrogen-bond acceptors (Lipinski definition) is 3. The summed E-state index contributed by atoms with van der Waals surface area (Å²) in [4.78, 5) is 2.34. The average Bonchev–Trinajstić information content (AvgIpc) is 2.52. The van der Waals surface area contributed by atoms with E-state index in [2.05, 4.69) is 45.1 Å². The summed E-state index contributed by atoms with van der Waals surface area (Å²) >= 11 is 3.43. The predicted molar refractivity (Wildman–Crippen MR) is 90.0 cm³/mol. The van der Waals surface area contributed by atoms with Gasteiger partial charge in [0, 0.05) is 23.2 Å². The third-order valence-corrected chi connectivity index (χ3v) is 3.77. The van der Waals surface area contributed by atoms with Crippen LogP contribution in [0.15, 0.2) is 53.0 Å². The minimum atomic E-state index is 0.329. The lowest BCUT2D eigenvalue weighted by atomic mass is 10.2. The van der Waals surface area contributed by atoms with Crippen LogP contribution in [0.25, 0.3) is 0 Å². The van der Waals surface area contributed by atoms with E-state index in [1.807, 2.05) is 19.1 Å². The average molecular weight is 350 g/mol. The predicted octanol–water partition coefficient (Wildman–Crippen LogP) is 3.99. The van der Waals surface area contributed by atoms with Crippen LogP contribution in [0.5, 0.6) is 5.75 Å². The quantitative estimate of drug-likeness (QED) is 0.844. The van der Waals surface area contributed by atoms with Gasteiger partial charge in [-0.15, -0.1) is 0 Å². The van der Waals surface area contributed by atoms with Crippen LogP contribution < -0.4 is 4.90 Å². The molecule has 1 aliphatic heterocycles. The van der Waals surface area contributed by atoms with Crippen molar-refractivity contribution in [3.05, 3.63) is 58.6 Å². The number of aryl methyl sites for hydroxylation is 1. The zero-order valence-corrected chi connectivity index (χ0v) is 13.7. The maximum atomic E-state index is 8.76. The third-order valence-electron chi connectivity index (χ3n) is 3.24. The fourth-order valence-corrected chi connectivity index (χ4v) is 2.28. The van der Waals surface area contributed by atoms with Crippen LogP contribution in [0.1, 0.15) is 5.56 Å². The number of aromatic hydroxyl groups is 1. The van der Waals surface area contributed by atoms with Gasteiger partial charge in [0.15, 0.2) is 0 Å². The van der Waals surface area contributed by atoms with E-state index in [1.165, 1.54) is 11.3 Å². The summed E-state index contributed by atoms with van der Waals surface area (Å²) in [6, 6.07) is 15.5. The molecule has 3 rings (SSSR count). The Balaban J connectivity index is 0.000000173. The van der Waals surface area contributed by atoms with Gasteiger partial charge in [-0.1, -0.05) is 33.6 Å². The molecule has 4 heteroatoms. The van der Waals surface area contributed by atoms with Gasteiger partial charge in [0.05, 0.1) is 13.2 Å². The number of hydrogen-bond donors (Lipinski definition) is 1. The van der Waals surface area contributed by atoms with Crippen molar-refractivity contribution in [3.8, 4) is 5.75 Å². The van der Waals surface area contributed by atoms with E-state index in [0.29, 0.717) is 5.75 Å². The van der Waals surface area contributed by atoms with Crippen LogP contribution >= 0.6 is 15.9 Å². The number of rotatable bonds is 1. The molecule has 1 saturated heterocycles. The molecule has 1 aliphatic rings. The van der Waals surface area contributed by atoms with Gasteiger partial charge >= 0.3 is 0 Å². The van der Waals surface area contributed by atoms with Crippen molar-refractivity contribution in [2.75, 3.05) is 31.2 Å². The minimum Gasteiger partial charge on any atom is -0.508 e. The summed E-state index contributed by atoms with van der Waals surface area (Å²) in [7, 11) is 0. The van der Waals surface area contributed by atoms with Gasteiger partial charge in [0.2, 0.25) is 0 Å². The van der Waals surface area contributed by atoms with E-state index in [9.17, 15) is 0 Å². The fourth-order valence-electron chi connectivity index (χ4n) is 2.02. The number of halogens is 1. The van der Waals surface area contributed by atoms with Crippen LogP contribution in [0.2, 0.25) is 0 Å². The monoisotopic (exact) mass is 349 g/mol. The number of benzene rings is 2. The molecule has 0 radical (unpaired) electrons. The Morgan fingerprint density at radius 1 is 0.952 bits per heavy atom. The first-order valence-electron chi connectivity index (χ1n) is 6.99. The van der Waals surface area contributed by atoms with Gasteiger partial charge in [-0.3, -0.25) is 0 Å². The molecule has 0 amide bonds. The molecule has 1 fully saturated rings. The van der Waals surface area contributed by atoms with E-state index in [1.54, 1.807) is 12.1 Å². The molecule has 112 valence electrons. The molecule has 0 saturated carbocycles. The second kappa shape index (κ2) is 8.05. The van der Waals surface area contributed by atoms with Crippen LogP contribution in [0.3, 0.4) is 0 Å². The minimum absolute atomic E-state index is 0.329. The number of morpholine rings is 1. The smallest absolute Gasteiger partial charge is 0.115 e. The second-order valence-electron chi connectivity index (χ2n) is 4.91. The molecule has 0 aromatic heterocycles. The number of nitrogens with zero attached hydrogens (tertiary/aromatic N) is 1. The first-order chi connectivity index (χ1) is 10.1. The molecule has 2 aromatic carbocycles. The van der Waals surface area contributed by atoms with Crippen LogP contribution in [-0.2, 0) is 4.74 Å². The number of phenolic OH excluding ortho intramolecular Hbond substituents is 1. The largest absolute Gasteiger partial charge is 0.508 e. The highest BCUT2D eigenvalue weighted by Gasteiger charge is 2.10. The fraction of sp³-hybridized carbons (Fsp3) is 0.294. The van der Waals surface area contributed by atoms with Crippen molar-refractivity contribution >= 4 is 21.6 Å². The molecule has 21 heavy (non-hydrogen) atoms. The Kier molecular flexibility index (Phi) is 6.08. The van der Waals surface area contributed by atoms with Gasteiger partial charge in [0.1, 0.15) is 5.75 Å². The van der Waals surface area contributed by atoms with Crippen molar-refractivity contribution < 1.29 is 9.84 Å². The lowest BCUT2D eigenvalue weighted by Gasteiger charge is -2.28. The lowest BCUT2D eigenvalue weighted by molar-refractivity contribution is 0.122. The van der Waals surface area contributed by atoms with Crippen molar-refractivity contribution in [3.63, 3.8) is 0 Å². The molecule has 0 aliphatic carbocycles. The van der Waals surface area contributed by atoms with E-state index >= 15 is 0 Å². The van der Waals surface area contributed by atoms with Crippen LogP contribution in [-0.4, -0.2) is 31.4 Å². The topological polar surface area (TPSA) is 32.7 Å². The molecule has 2 aromatic rings. The van der Waals surface area contributed by atoms with E-state index in [0.717, 1.165) is 30.8 Å².